The molecule has 2 aromatic carbocycles. The van der Waals surface area contributed by atoms with E-state index in [9.17, 15) is 4.79 Å². The van der Waals surface area contributed by atoms with Crippen molar-refractivity contribution in [3.8, 4) is 17.1 Å². The van der Waals surface area contributed by atoms with E-state index in [1.54, 1.807) is 18.1 Å². The van der Waals surface area contributed by atoms with E-state index in [2.05, 4.69) is 5.16 Å². The quantitative estimate of drug-likeness (QED) is 0.425. The van der Waals surface area contributed by atoms with Crippen molar-refractivity contribution in [3.63, 3.8) is 0 Å². The summed E-state index contributed by atoms with van der Waals surface area (Å²) in [5, 5.41) is 4.65. The molecular formula is C23H24N4O3S. The molecule has 0 aliphatic rings. The maximum atomic E-state index is 13.4. The molecule has 160 valence electrons. The fourth-order valence-corrected chi connectivity index (χ4v) is 4.29. The van der Waals surface area contributed by atoms with Crippen LogP contribution in [0.5, 0.6) is 5.75 Å². The third-order valence-electron chi connectivity index (χ3n) is 4.95. The zero-order valence-electron chi connectivity index (χ0n) is 18.0. The van der Waals surface area contributed by atoms with Gasteiger partial charge in [0.15, 0.2) is 16.6 Å². The van der Waals surface area contributed by atoms with Crippen molar-refractivity contribution in [2.75, 3.05) is 39.2 Å². The molecular weight excluding hydrogens is 412 g/mol. The summed E-state index contributed by atoms with van der Waals surface area (Å²) in [5.74, 6) is 0.998. The highest BCUT2D eigenvalue weighted by Crippen LogP contribution is 2.37. The molecule has 0 aliphatic carbocycles. The smallest absolute Gasteiger partial charge is 0.282 e. The van der Waals surface area contributed by atoms with Gasteiger partial charge in [-0.1, -0.05) is 52.9 Å². The van der Waals surface area contributed by atoms with Crippen LogP contribution in [0.2, 0.25) is 0 Å². The molecule has 4 aromatic rings. The van der Waals surface area contributed by atoms with Crippen LogP contribution in [0.25, 0.3) is 21.5 Å². The first kappa shape index (κ1) is 21.0. The monoisotopic (exact) mass is 436 g/mol. The van der Waals surface area contributed by atoms with E-state index in [4.69, 9.17) is 14.2 Å². The zero-order chi connectivity index (χ0) is 22.0. The van der Waals surface area contributed by atoms with Crippen LogP contribution in [0, 0.1) is 6.92 Å². The lowest BCUT2D eigenvalue weighted by Crippen LogP contribution is -2.36. The van der Waals surface area contributed by atoms with Crippen molar-refractivity contribution in [1.29, 1.82) is 0 Å². The molecule has 0 aliphatic heterocycles. The Labute approximate surface area is 184 Å². The molecule has 0 spiro atoms. The van der Waals surface area contributed by atoms with Gasteiger partial charge in [-0.05, 0) is 32.6 Å². The van der Waals surface area contributed by atoms with Crippen LogP contribution in [0.15, 0.2) is 53.1 Å². The lowest BCUT2D eigenvalue weighted by Gasteiger charge is -2.20. The Hall–Kier alpha value is -3.23. The predicted octanol–water partition coefficient (Wildman–Crippen LogP) is 4.48. The zero-order valence-corrected chi connectivity index (χ0v) is 18.8. The number of thiazole rings is 1. The van der Waals surface area contributed by atoms with Crippen molar-refractivity contribution in [3.05, 3.63) is 59.8 Å². The summed E-state index contributed by atoms with van der Waals surface area (Å²) >= 11 is 1.48. The van der Waals surface area contributed by atoms with Gasteiger partial charge in [-0.15, -0.1) is 0 Å². The second-order valence-corrected chi connectivity index (χ2v) is 8.44. The number of hydrogen-bond donors (Lipinski definition) is 0. The Balaban J connectivity index is 1.72. The van der Waals surface area contributed by atoms with Crippen LogP contribution in [-0.2, 0) is 0 Å². The van der Waals surface area contributed by atoms with Crippen molar-refractivity contribution >= 4 is 32.6 Å². The average molecular weight is 437 g/mol. The lowest BCUT2D eigenvalue weighted by atomic mass is 10.1. The molecule has 1 amide bonds. The van der Waals surface area contributed by atoms with Crippen molar-refractivity contribution in [2.45, 2.75) is 6.92 Å². The maximum absolute atomic E-state index is 13.4. The normalized spacial score (nSPS) is 11.3. The van der Waals surface area contributed by atoms with Gasteiger partial charge in [0.1, 0.15) is 11.3 Å². The van der Waals surface area contributed by atoms with Crippen molar-refractivity contribution in [2.24, 2.45) is 0 Å². The number of amides is 1. The highest BCUT2D eigenvalue weighted by Gasteiger charge is 2.25. The largest absolute Gasteiger partial charge is 0.494 e. The number of methoxy groups -OCH3 is 1. The molecule has 4 rings (SSSR count). The first-order chi connectivity index (χ1) is 15.0. The number of carbonyl (C=O) groups excluding carboxylic acids is 1. The molecule has 31 heavy (non-hydrogen) atoms. The van der Waals surface area contributed by atoms with Gasteiger partial charge in [-0.3, -0.25) is 9.69 Å². The number of likely N-dealkylation sites (N-methyl/N-ethyl adjacent to an activating group) is 1. The van der Waals surface area contributed by atoms with Gasteiger partial charge in [0, 0.05) is 24.7 Å². The van der Waals surface area contributed by atoms with Crippen molar-refractivity contribution < 1.29 is 14.1 Å². The topological polar surface area (TPSA) is 71.7 Å². The Morgan fingerprint density at radius 2 is 1.90 bits per heavy atom. The molecule has 0 fully saturated rings. The van der Waals surface area contributed by atoms with E-state index in [0.717, 1.165) is 21.3 Å². The molecule has 0 atom stereocenters. The van der Waals surface area contributed by atoms with Crippen LogP contribution in [-0.4, -0.2) is 55.2 Å². The molecule has 2 aromatic heterocycles. The van der Waals surface area contributed by atoms with Crippen LogP contribution in [0.1, 0.15) is 16.1 Å². The van der Waals surface area contributed by atoms with E-state index in [-0.39, 0.29) is 11.6 Å². The first-order valence-electron chi connectivity index (χ1n) is 9.91. The van der Waals surface area contributed by atoms with Gasteiger partial charge in [0.2, 0.25) is 0 Å². The van der Waals surface area contributed by atoms with Crippen LogP contribution in [0.4, 0.5) is 5.13 Å². The molecule has 2 heterocycles. The number of fused-ring (bicyclic) bond motifs is 1. The summed E-state index contributed by atoms with van der Waals surface area (Å²) < 4.78 is 11.9. The van der Waals surface area contributed by atoms with Crippen LogP contribution in [0.3, 0.4) is 0 Å². The average Bonchev–Trinajstić information content (AvgIpc) is 3.43. The second-order valence-electron chi connectivity index (χ2n) is 7.46. The van der Waals surface area contributed by atoms with Crippen LogP contribution < -0.4 is 9.64 Å². The maximum Gasteiger partial charge on any atom is 0.282 e. The fraction of sp³-hybridized carbons (Fsp3) is 0.261. The van der Waals surface area contributed by atoms with Crippen molar-refractivity contribution in [1.82, 2.24) is 15.0 Å². The van der Waals surface area contributed by atoms with Gasteiger partial charge < -0.3 is 14.2 Å². The Morgan fingerprint density at radius 1 is 1.13 bits per heavy atom. The fourth-order valence-electron chi connectivity index (χ4n) is 3.22. The van der Waals surface area contributed by atoms with E-state index < -0.39 is 0 Å². The third kappa shape index (κ3) is 4.30. The summed E-state index contributed by atoms with van der Waals surface area (Å²) in [6.45, 7) is 3.18. The number of rotatable bonds is 7. The molecule has 7 nitrogen and oxygen atoms in total. The Kier molecular flexibility index (Phi) is 6.01. The number of ether oxygens (including phenoxy) is 1. The number of hydrogen-bond acceptors (Lipinski definition) is 7. The lowest BCUT2D eigenvalue weighted by molar-refractivity contribution is 0.0976. The van der Waals surface area contributed by atoms with Gasteiger partial charge in [0.05, 0.1) is 11.8 Å². The van der Waals surface area contributed by atoms with E-state index in [0.29, 0.717) is 29.7 Å². The summed E-state index contributed by atoms with van der Waals surface area (Å²) in [5.41, 5.74) is 2.97. The first-order valence-corrected chi connectivity index (χ1v) is 10.7. The van der Waals surface area contributed by atoms with E-state index >= 15 is 0 Å². The number of anilines is 1. The minimum absolute atomic E-state index is 0.247. The van der Waals surface area contributed by atoms with Gasteiger partial charge >= 0.3 is 0 Å². The standard InChI is InChI=1S/C23H24N4O3S/c1-15-10-11-18(29-4)20-21(15)31-23(24-20)27(13-12-26(2)3)22(28)17-14-19(30-25-17)16-8-6-5-7-9-16/h5-11,14H,12-13H2,1-4H3. The molecule has 0 N–H and O–H groups in total. The minimum atomic E-state index is -0.247. The summed E-state index contributed by atoms with van der Waals surface area (Å²) in [6.07, 6.45) is 0. The highest BCUT2D eigenvalue weighted by molar-refractivity contribution is 7.22. The number of benzene rings is 2. The number of aryl methyl sites for hydroxylation is 1. The Morgan fingerprint density at radius 3 is 2.61 bits per heavy atom. The molecule has 0 saturated carbocycles. The highest BCUT2D eigenvalue weighted by atomic mass is 32.1. The number of nitrogens with zero attached hydrogens (tertiary/aromatic N) is 4. The number of carbonyl (C=O) groups is 1. The van der Waals surface area contributed by atoms with Gasteiger partial charge in [-0.25, -0.2) is 4.98 Å². The third-order valence-corrected chi connectivity index (χ3v) is 6.16. The second kappa shape index (κ2) is 8.87. The van der Waals surface area contributed by atoms with E-state index in [1.807, 2.05) is 68.4 Å². The SMILES string of the molecule is COc1ccc(C)c2sc(N(CCN(C)C)C(=O)c3cc(-c4ccccc4)on3)nc12. The van der Waals surface area contributed by atoms with Gasteiger partial charge in [-0.2, -0.15) is 0 Å². The molecule has 0 radical (unpaired) electrons. The molecule has 0 bridgehead atoms. The molecule has 8 heteroatoms. The van der Waals surface area contributed by atoms with Gasteiger partial charge in [0.25, 0.3) is 5.91 Å². The minimum Gasteiger partial charge on any atom is -0.494 e. The molecule has 0 unspecified atom stereocenters. The molecule has 0 saturated heterocycles. The predicted molar refractivity (Wildman–Crippen MR) is 123 cm³/mol. The summed E-state index contributed by atoms with van der Waals surface area (Å²) in [6, 6.07) is 15.2. The number of aromatic nitrogens is 2. The van der Waals surface area contributed by atoms with E-state index in [1.165, 1.54) is 11.3 Å². The summed E-state index contributed by atoms with van der Waals surface area (Å²) in [7, 11) is 5.56. The Bertz CT molecular complexity index is 1200. The summed E-state index contributed by atoms with van der Waals surface area (Å²) in [4.78, 5) is 21.9. The van der Waals surface area contributed by atoms with Crippen LogP contribution >= 0.6 is 11.3 Å².